The highest BCUT2D eigenvalue weighted by molar-refractivity contribution is 5.63. The molecule has 1 aliphatic rings. The van der Waals surface area contributed by atoms with Gasteiger partial charge in [-0.25, -0.2) is 9.50 Å². The molecule has 0 bridgehead atoms. The third-order valence-electron chi connectivity index (χ3n) is 4.04. The van der Waals surface area contributed by atoms with Crippen molar-refractivity contribution in [3.8, 4) is 11.3 Å². The Morgan fingerprint density at radius 2 is 1.86 bits per heavy atom. The third kappa shape index (κ3) is 2.61. The minimum absolute atomic E-state index is 0.839. The predicted octanol–water partition coefficient (Wildman–Crippen LogP) is 2.23. The van der Waals surface area contributed by atoms with Crippen LogP contribution in [0.2, 0.25) is 0 Å². The molecule has 3 heterocycles. The van der Waals surface area contributed by atoms with Crippen molar-refractivity contribution < 1.29 is 4.74 Å². The van der Waals surface area contributed by atoms with Crippen LogP contribution >= 0.6 is 0 Å². The Morgan fingerprint density at radius 3 is 2.68 bits per heavy atom. The Hall–Kier alpha value is -2.24. The van der Waals surface area contributed by atoms with E-state index in [0.717, 1.165) is 49.8 Å². The molecule has 0 amide bonds. The standard InChI is InChI=1S/C17H18N4O/c1-2-17-18-12-16(21(17)19-7-1)15-5-3-14(4-6-15)13-20-8-10-22-11-9-20/h1-7,12H,8-11,13H2. The average molecular weight is 294 g/mol. The summed E-state index contributed by atoms with van der Waals surface area (Å²) in [7, 11) is 0. The van der Waals surface area contributed by atoms with E-state index in [4.69, 9.17) is 4.74 Å². The first-order chi connectivity index (χ1) is 10.9. The molecule has 1 fully saturated rings. The molecule has 5 nitrogen and oxygen atoms in total. The van der Waals surface area contributed by atoms with E-state index in [1.165, 1.54) is 5.56 Å². The van der Waals surface area contributed by atoms with E-state index in [1.807, 2.05) is 22.8 Å². The van der Waals surface area contributed by atoms with Gasteiger partial charge in [0.2, 0.25) is 0 Å². The fraction of sp³-hybridized carbons (Fsp3) is 0.294. The van der Waals surface area contributed by atoms with Crippen molar-refractivity contribution in [2.24, 2.45) is 0 Å². The first-order valence-corrected chi connectivity index (χ1v) is 7.58. The predicted molar refractivity (Wildman–Crippen MR) is 84.5 cm³/mol. The summed E-state index contributed by atoms with van der Waals surface area (Å²) in [4.78, 5) is 6.81. The maximum Gasteiger partial charge on any atom is 0.154 e. The number of aromatic nitrogens is 3. The van der Waals surface area contributed by atoms with Gasteiger partial charge < -0.3 is 4.74 Å². The molecule has 2 aromatic heterocycles. The van der Waals surface area contributed by atoms with Crippen molar-refractivity contribution in [1.82, 2.24) is 19.5 Å². The van der Waals surface area contributed by atoms with Gasteiger partial charge in [-0.2, -0.15) is 5.10 Å². The van der Waals surface area contributed by atoms with Crippen LogP contribution in [0.15, 0.2) is 48.8 Å². The second-order valence-corrected chi connectivity index (χ2v) is 5.52. The first-order valence-electron chi connectivity index (χ1n) is 7.58. The van der Waals surface area contributed by atoms with Gasteiger partial charge in [-0.3, -0.25) is 4.90 Å². The van der Waals surface area contributed by atoms with E-state index in [1.54, 1.807) is 6.20 Å². The third-order valence-corrected chi connectivity index (χ3v) is 4.04. The number of hydrogen-bond acceptors (Lipinski definition) is 4. The van der Waals surface area contributed by atoms with Crippen molar-refractivity contribution in [3.63, 3.8) is 0 Å². The number of imidazole rings is 1. The van der Waals surface area contributed by atoms with Crippen LogP contribution in [0.3, 0.4) is 0 Å². The largest absolute Gasteiger partial charge is 0.379 e. The molecule has 0 atom stereocenters. The van der Waals surface area contributed by atoms with Gasteiger partial charge >= 0.3 is 0 Å². The maximum atomic E-state index is 5.39. The number of ether oxygens (including phenoxy) is 1. The summed E-state index contributed by atoms with van der Waals surface area (Å²) >= 11 is 0. The van der Waals surface area contributed by atoms with E-state index >= 15 is 0 Å². The molecule has 4 rings (SSSR count). The molecule has 112 valence electrons. The molecular formula is C17H18N4O. The fourth-order valence-corrected chi connectivity index (χ4v) is 2.82. The number of nitrogens with zero attached hydrogens (tertiary/aromatic N) is 4. The zero-order valence-electron chi connectivity index (χ0n) is 12.4. The van der Waals surface area contributed by atoms with Crippen LogP contribution in [0, 0.1) is 0 Å². The van der Waals surface area contributed by atoms with Gasteiger partial charge in [0.15, 0.2) is 5.65 Å². The number of benzene rings is 1. The van der Waals surface area contributed by atoms with Crippen molar-refractivity contribution in [2.75, 3.05) is 26.3 Å². The van der Waals surface area contributed by atoms with Crippen LogP contribution < -0.4 is 0 Å². The zero-order chi connectivity index (χ0) is 14.8. The highest BCUT2D eigenvalue weighted by Crippen LogP contribution is 2.20. The van der Waals surface area contributed by atoms with Crippen molar-refractivity contribution >= 4 is 5.65 Å². The number of fused-ring (bicyclic) bond motifs is 1. The molecule has 0 aliphatic carbocycles. The number of rotatable bonds is 3. The molecule has 5 heteroatoms. The second-order valence-electron chi connectivity index (χ2n) is 5.52. The smallest absolute Gasteiger partial charge is 0.154 e. The van der Waals surface area contributed by atoms with Gasteiger partial charge in [0.05, 0.1) is 25.1 Å². The summed E-state index contributed by atoms with van der Waals surface area (Å²) in [6.07, 6.45) is 3.66. The van der Waals surface area contributed by atoms with E-state index in [0.29, 0.717) is 0 Å². The Bertz CT molecular complexity index is 760. The SMILES string of the molecule is c1cnn2c(-c3ccc(CN4CCOCC4)cc3)cnc2c1. The Morgan fingerprint density at radius 1 is 1.05 bits per heavy atom. The van der Waals surface area contributed by atoms with E-state index in [2.05, 4.69) is 39.2 Å². The summed E-state index contributed by atoms with van der Waals surface area (Å²) in [6.45, 7) is 4.68. The van der Waals surface area contributed by atoms with Crippen LogP contribution in [0.4, 0.5) is 0 Å². The summed E-state index contributed by atoms with van der Waals surface area (Å²) < 4.78 is 7.26. The van der Waals surface area contributed by atoms with E-state index in [-0.39, 0.29) is 0 Å². The van der Waals surface area contributed by atoms with E-state index in [9.17, 15) is 0 Å². The molecular weight excluding hydrogens is 276 g/mol. The molecule has 1 saturated heterocycles. The lowest BCUT2D eigenvalue weighted by Gasteiger charge is -2.26. The van der Waals surface area contributed by atoms with Gasteiger partial charge in [-0.15, -0.1) is 0 Å². The molecule has 0 saturated carbocycles. The molecule has 1 aliphatic heterocycles. The average Bonchev–Trinajstić information content (AvgIpc) is 3.01. The monoisotopic (exact) mass is 294 g/mol. The minimum atomic E-state index is 0.839. The van der Waals surface area contributed by atoms with E-state index < -0.39 is 0 Å². The second kappa shape index (κ2) is 5.87. The van der Waals surface area contributed by atoms with Crippen LogP contribution in [-0.4, -0.2) is 45.8 Å². The normalized spacial score (nSPS) is 16.2. The zero-order valence-corrected chi connectivity index (χ0v) is 12.4. The summed E-state index contributed by atoms with van der Waals surface area (Å²) in [5.41, 5.74) is 4.35. The highest BCUT2D eigenvalue weighted by Gasteiger charge is 2.11. The van der Waals surface area contributed by atoms with Crippen LogP contribution in [0.25, 0.3) is 16.9 Å². The topological polar surface area (TPSA) is 42.7 Å². The molecule has 0 spiro atoms. The summed E-state index contributed by atoms with van der Waals surface area (Å²) in [5.74, 6) is 0. The lowest BCUT2D eigenvalue weighted by atomic mass is 10.1. The summed E-state index contributed by atoms with van der Waals surface area (Å²) in [6, 6.07) is 12.5. The van der Waals surface area contributed by atoms with Gasteiger partial charge in [0, 0.05) is 31.4 Å². The minimum Gasteiger partial charge on any atom is -0.379 e. The van der Waals surface area contributed by atoms with Gasteiger partial charge in [0.1, 0.15) is 0 Å². The fourth-order valence-electron chi connectivity index (χ4n) is 2.82. The van der Waals surface area contributed by atoms with Crippen LogP contribution in [0.5, 0.6) is 0 Å². The molecule has 0 unspecified atom stereocenters. The molecule has 0 N–H and O–H groups in total. The summed E-state index contributed by atoms with van der Waals surface area (Å²) in [5, 5.41) is 4.37. The van der Waals surface area contributed by atoms with Crippen molar-refractivity contribution in [2.45, 2.75) is 6.54 Å². The highest BCUT2D eigenvalue weighted by atomic mass is 16.5. The van der Waals surface area contributed by atoms with Crippen molar-refractivity contribution in [3.05, 3.63) is 54.4 Å². The molecule has 0 radical (unpaired) electrons. The molecule has 1 aromatic carbocycles. The van der Waals surface area contributed by atoms with Crippen molar-refractivity contribution in [1.29, 1.82) is 0 Å². The van der Waals surface area contributed by atoms with Crippen LogP contribution in [0.1, 0.15) is 5.56 Å². The Kier molecular flexibility index (Phi) is 3.58. The lowest BCUT2D eigenvalue weighted by molar-refractivity contribution is 0.0342. The van der Waals surface area contributed by atoms with Gasteiger partial charge in [-0.1, -0.05) is 24.3 Å². The first kappa shape index (κ1) is 13.4. The molecule has 22 heavy (non-hydrogen) atoms. The molecule has 3 aromatic rings. The van der Waals surface area contributed by atoms with Gasteiger partial charge in [0.25, 0.3) is 0 Å². The Labute approximate surface area is 129 Å². The lowest BCUT2D eigenvalue weighted by Crippen LogP contribution is -2.35. The quantitative estimate of drug-likeness (QED) is 0.743. The van der Waals surface area contributed by atoms with Crippen LogP contribution in [-0.2, 0) is 11.3 Å². The van der Waals surface area contributed by atoms with Gasteiger partial charge in [-0.05, 0) is 17.7 Å². The number of morpholine rings is 1. The number of hydrogen-bond donors (Lipinski definition) is 0. The Balaban J connectivity index is 1.56. The maximum absolute atomic E-state index is 5.39.